The Morgan fingerprint density at radius 2 is 2.35 bits per heavy atom. The lowest BCUT2D eigenvalue weighted by atomic mass is 10.3. The fourth-order valence-electron chi connectivity index (χ4n) is 1.30. The summed E-state index contributed by atoms with van der Waals surface area (Å²) in [5.74, 6) is 0.528. The van der Waals surface area contributed by atoms with Crippen LogP contribution in [0, 0.1) is 0 Å². The van der Waals surface area contributed by atoms with E-state index in [9.17, 15) is 4.79 Å². The molecule has 2 heterocycles. The van der Waals surface area contributed by atoms with Gasteiger partial charge >= 0.3 is 0 Å². The molecule has 0 bridgehead atoms. The normalized spacial score (nSPS) is 11.5. The monoisotopic (exact) mass is 248 g/mol. The number of hydrogen-bond acceptors (Lipinski definition) is 4. The summed E-state index contributed by atoms with van der Waals surface area (Å²) in [6.45, 7) is 1.78. The van der Waals surface area contributed by atoms with Crippen molar-refractivity contribution in [1.82, 2.24) is 5.43 Å². The molecule has 0 aliphatic rings. The first-order chi connectivity index (χ1) is 8.25. The van der Waals surface area contributed by atoms with Crippen molar-refractivity contribution in [2.75, 3.05) is 0 Å². The Balaban J connectivity index is 1.89. The number of carbonyl (C=O) groups is 1. The van der Waals surface area contributed by atoms with Crippen LogP contribution in [0.2, 0.25) is 0 Å². The predicted molar refractivity (Wildman–Crippen MR) is 67.1 cm³/mol. The minimum Gasteiger partial charge on any atom is -0.463 e. The van der Waals surface area contributed by atoms with Gasteiger partial charge in [-0.3, -0.25) is 4.79 Å². The Kier molecular flexibility index (Phi) is 3.72. The quantitative estimate of drug-likeness (QED) is 0.667. The lowest BCUT2D eigenvalue weighted by Crippen LogP contribution is -2.20. The molecule has 0 unspecified atom stereocenters. The highest BCUT2D eigenvalue weighted by atomic mass is 32.1. The number of hydrazone groups is 1. The second kappa shape index (κ2) is 5.45. The summed E-state index contributed by atoms with van der Waals surface area (Å²) >= 11 is 1.56. The van der Waals surface area contributed by atoms with Gasteiger partial charge in [-0.05, 0) is 30.5 Å². The molecule has 88 valence electrons. The van der Waals surface area contributed by atoms with Crippen LogP contribution in [0.25, 0.3) is 0 Å². The number of amides is 1. The summed E-state index contributed by atoms with van der Waals surface area (Å²) in [5, 5.41) is 5.92. The molecule has 2 aromatic heterocycles. The zero-order valence-corrected chi connectivity index (χ0v) is 10.2. The molecular weight excluding hydrogens is 236 g/mol. The zero-order chi connectivity index (χ0) is 12.1. The fraction of sp³-hybridized carbons (Fsp3) is 0.167. The largest absolute Gasteiger partial charge is 0.463 e. The molecule has 1 N–H and O–H groups in total. The number of nitrogens with one attached hydrogen (secondary N) is 1. The molecule has 0 fully saturated rings. The summed E-state index contributed by atoms with van der Waals surface area (Å²) in [4.78, 5) is 12.6. The van der Waals surface area contributed by atoms with E-state index in [1.165, 1.54) is 0 Å². The molecule has 0 atom stereocenters. The van der Waals surface area contributed by atoms with Gasteiger partial charge in [0.25, 0.3) is 0 Å². The minimum absolute atomic E-state index is 0.127. The zero-order valence-electron chi connectivity index (χ0n) is 9.34. The van der Waals surface area contributed by atoms with E-state index in [1.54, 1.807) is 36.7 Å². The average molecular weight is 248 g/mol. The third-order valence-corrected chi connectivity index (χ3v) is 3.02. The molecule has 2 aromatic rings. The fourth-order valence-corrected chi connectivity index (χ4v) is 2.00. The number of rotatable bonds is 4. The van der Waals surface area contributed by atoms with Crippen LogP contribution in [0.1, 0.15) is 17.6 Å². The van der Waals surface area contributed by atoms with E-state index < -0.39 is 0 Å². The number of carbonyl (C=O) groups excluding carboxylic acids is 1. The molecule has 0 spiro atoms. The van der Waals surface area contributed by atoms with Crippen molar-refractivity contribution in [1.29, 1.82) is 0 Å². The Morgan fingerprint density at radius 1 is 1.47 bits per heavy atom. The third kappa shape index (κ3) is 3.29. The number of nitrogens with zero attached hydrogens (tertiary/aromatic N) is 1. The summed E-state index contributed by atoms with van der Waals surface area (Å²) in [6.07, 6.45) is 1.93. The van der Waals surface area contributed by atoms with Crippen molar-refractivity contribution in [3.8, 4) is 0 Å². The van der Waals surface area contributed by atoms with Crippen molar-refractivity contribution >= 4 is 23.0 Å². The van der Waals surface area contributed by atoms with Gasteiger partial charge in [-0.2, -0.15) is 5.10 Å². The maximum Gasteiger partial charge on any atom is 0.245 e. The van der Waals surface area contributed by atoms with Crippen LogP contribution in [0.15, 0.2) is 45.4 Å². The first-order valence-electron chi connectivity index (χ1n) is 5.15. The van der Waals surface area contributed by atoms with Gasteiger partial charge in [0.1, 0.15) is 11.5 Å². The Morgan fingerprint density at radius 3 is 3.00 bits per heavy atom. The maximum atomic E-state index is 11.5. The van der Waals surface area contributed by atoms with E-state index in [0.717, 1.165) is 4.88 Å². The summed E-state index contributed by atoms with van der Waals surface area (Å²) in [7, 11) is 0. The SMILES string of the molecule is C/C(=N\NC(=O)Cc1cccs1)c1ccco1. The predicted octanol–water partition coefficient (Wildman–Crippen LogP) is 2.42. The highest BCUT2D eigenvalue weighted by molar-refractivity contribution is 7.10. The molecular formula is C12H12N2O2S. The van der Waals surface area contributed by atoms with E-state index in [2.05, 4.69) is 10.5 Å². The van der Waals surface area contributed by atoms with Gasteiger partial charge in [-0.1, -0.05) is 6.07 Å². The maximum absolute atomic E-state index is 11.5. The van der Waals surface area contributed by atoms with E-state index in [0.29, 0.717) is 17.9 Å². The molecule has 1 amide bonds. The van der Waals surface area contributed by atoms with Crippen molar-refractivity contribution in [2.24, 2.45) is 5.10 Å². The number of furan rings is 1. The first kappa shape index (κ1) is 11.6. The number of hydrogen-bond donors (Lipinski definition) is 1. The standard InChI is InChI=1S/C12H12N2O2S/c1-9(11-5-2-6-16-11)13-14-12(15)8-10-4-3-7-17-10/h2-7H,8H2,1H3,(H,14,15)/b13-9+. The third-order valence-electron chi connectivity index (χ3n) is 2.14. The molecule has 17 heavy (non-hydrogen) atoms. The molecule has 0 saturated heterocycles. The number of thiophene rings is 1. The summed E-state index contributed by atoms with van der Waals surface area (Å²) in [6, 6.07) is 7.42. The van der Waals surface area contributed by atoms with Crippen molar-refractivity contribution in [2.45, 2.75) is 13.3 Å². The van der Waals surface area contributed by atoms with Gasteiger partial charge in [-0.15, -0.1) is 11.3 Å². The van der Waals surface area contributed by atoms with Crippen LogP contribution in [-0.4, -0.2) is 11.6 Å². The molecule has 4 nitrogen and oxygen atoms in total. The average Bonchev–Trinajstić information content (AvgIpc) is 2.97. The van der Waals surface area contributed by atoms with Crippen molar-refractivity contribution in [3.63, 3.8) is 0 Å². The summed E-state index contributed by atoms with van der Waals surface area (Å²) in [5.41, 5.74) is 3.15. The second-order valence-electron chi connectivity index (χ2n) is 3.47. The van der Waals surface area contributed by atoms with Gasteiger partial charge < -0.3 is 4.42 Å². The minimum atomic E-state index is -0.127. The highest BCUT2D eigenvalue weighted by Crippen LogP contribution is 2.08. The first-order valence-corrected chi connectivity index (χ1v) is 6.03. The lowest BCUT2D eigenvalue weighted by molar-refractivity contribution is -0.120. The lowest BCUT2D eigenvalue weighted by Gasteiger charge is -1.99. The van der Waals surface area contributed by atoms with E-state index in [-0.39, 0.29) is 5.91 Å². The molecule has 0 aliphatic carbocycles. The van der Waals surface area contributed by atoms with Crippen molar-refractivity contribution in [3.05, 3.63) is 46.5 Å². The molecule has 0 aliphatic heterocycles. The molecule has 0 saturated carbocycles. The Bertz CT molecular complexity index is 501. The second-order valence-corrected chi connectivity index (χ2v) is 4.50. The van der Waals surface area contributed by atoms with Crippen molar-refractivity contribution < 1.29 is 9.21 Å². The van der Waals surface area contributed by atoms with Gasteiger partial charge in [0.2, 0.25) is 5.91 Å². The Labute approximate surface area is 103 Å². The Hall–Kier alpha value is -1.88. The topological polar surface area (TPSA) is 54.6 Å². The molecule has 0 aromatic carbocycles. The van der Waals surface area contributed by atoms with Crippen LogP contribution < -0.4 is 5.43 Å². The van der Waals surface area contributed by atoms with E-state index in [4.69, 9.17) is 4.42 Å². The van der Waals surface area contributed by atoms with E-state index in [1.807, 2.05) is 17.5 Å². The van der Waals surface area contributed by atoms with Crippen LogP contribution in [0.5, 0.6) is 0 Å². The van der Waals surface area contributed by atoms with Crippen LogP contribution in [0.3, 0.4) is 0 Å². The van der Waals surface area contributed by atoms with Gasteiger partial charge in [0.15, 0.2) is 0 Å². The van der Waals surface area contributed by atoms with E-state index >= 15 is 0 Å². The van der Waals surface area contributed by atoms with Gasteiger partial charge in [-0.25, -0.2) is 5.43 Å². The summed E-state index contributed by atoms with van der Waals surface area (Å²) < 4.78 is 5.15. The molecule has 2 rings (SSSR count). The van der Waals surface area contributed by atoms with Gasteiger partial charge in [0.05, 0.1) is 12.7 Å². The van der Waals surface area contributed by atoms with Crippen LogP contribution >= 0.6 is 11.3 Å². The van der Waals surface area contributed by atoms with Crippen LogP contribution in [-0.2, 0) is 11.2 Å². The smallest absolute Gasteiger partial charge is 0.245 e. The van der Waals surface area contributed by atoms with Gasteiger partial charge in [0, 0.05) is 4.88 Å². The molecule has 5 heteroatoms. The molecule has 0 radical (unpaired) electrons. The van der Waals surface area contributed by atoms with Crippen LogP contribution in [0.4, 0.5) is 0 Å². The highest BCUT2D eigenvalue weighted by Gasteiger charge is 2.04.